The zero-order chi connectivity index (χ0) is 29.4. The average Bonchev–Trinajstić information content (AvgIpc) is 2.91. The largest absolute Gasteiger partial charge is 0.466 e. The summed E-state index contributed by atoms with van der Waals surface area (Å²) < 4.78 is 10.8. The molecule has 9 heteroatoms. The van der Waals surface area contributed by atoms with Gasteiger partial charge in [-0.2, -0.15) is 0 Å². The highest BCUT2D eigenvalue weighted by Crippen LogP contribution is 2.40. The second kappa shape index (κ2) is 13.4. The van der Waals surface area contributed by atoms with Gasteiger partial charge in [-0.15, -0.1) is 0 Å². The highest BCUT2D eigenvalue weighted by Gasteiger charge is 2.38. The van der Waals surface area contributed by atoms with Crippen LogP contribution in [0.1, 0.15) is 57.6 Å². The molecule has 214 valence electrons. The van der Waals surface area contributed by atoms with Crippen molar-refractivity contribution >= 4 is 17.6 Å². The minimum Gasteiger partial charge on any atom is -0.466 e. The first-order chi connectivity index (χ1) is 18.9. The van der Waals surface area contributed by atoms with Crippen LogP contribution in [0.2, 0.25) is 0 Å². The molecule has 0 amide bonds. The van der Waals surface area contributed by atoms with Crippen molar-refractivity contribution in [3.05, 3.63) is 98.4 Å². The summed E-state index contributed by atoms with van der Waals surface area (Å²) in [5, 5.41) is 14.5. The normalized spacial score (nSPS) is 15.6. The zero-order valence-electron chi connectivity index (χ0n) is 24.2. The molecule has 0 saturated carbocycles. The van der Waals surface area contributed by atoms with Crippen molar-refractivity contribution in [2.24, 2.45) is 5.41 Å². The Balaban J connectivity index is 1.72. The van der Waals surface area contributed by atoms with Crippen molar-refractivity contribution in [1.29, 1.82) is 0 Å². The lowest BCUT2D eigenvalue weighted by molar-refractivity contribution is -0.384. The first kappa shape index (κ1) is 30.6. The van der Waals surface area contributed by atoms with E-state index in [4.69, 9.17) is 9.47 Å². The van der Waals surface area contributed by atoms with E-state index in [9.17, 15) is 19.7 Å². The smallest absolute Gasteiger partial charge is 0.336 e. The number of dihydropyridines is 1. The van der Waals surface area contributed by atoms with Gasteiger partial charge >= 0.3 is 11.9 Å². The molecule has 1 unspecified atom stereocenters. The predicted molar refractivity (Wildman–Crippen MR) is 153 cm³/mol. The molecule has 1 aliphatic heterocycles. The van der Waals surface area contributed by atoms with E-state index in [2.05, 4.69) is 43.2 Å². The summed E-state index contributed by atoms with van der Waals surface area (Å²) >= 11 is 0. The molecular formula is C31H39N3O6. The number of carbonyl (C=O) groups excluding carboxylic acids is 2. The molecule has 2 aromatic carbocycles. The monoisotopic (exact) mass is 549 g/mol. The molecule has 0 spiro atoms. The quantitative estimate of drug-likeness (QED) is 0.210. The number of allylic oxidation sites excluding steroid dienone is 2. The summed E-state index contributed by atoms with van der Waals surface area (Å²) in [6.45, 7) is 9.69. The van der Waals surface area contributed by atoms with Crippen LogP contribution in [0, 0.1) is 15.5 Å². The van der Waals surface area contributed by atoms with Crippen LogP contribution in [-0.2, 0) is 25.6 Å². The van der Waals surface area contributed by atoms with E-state index in [0.717, 1.165) is 19.5 Å². The third-order valence-electron chi connectivity index (χ3n) is 7.28. The fraction of sp³-hybridized carbons (Fsp3) is 0.419. The summed E-state index contributed by atoms with van der Waals surface area (Å²) in [6.07, 6.45) is 1.57. The lowest BCUT2D eigenvalue weighted by Gasteiger charge is -2.31. The second-order valence-corrected chi connectivity index (χ2v) is 11.0. The van der Waals surface area contributed by atoms with Gasteiger partial charge in [-0.05, 0) is 56.8 Å². The van der Waals surface area contributed by atoms with E-state index in [-0.39, 0.29) is 28.9 Å². The maximum atomic E-state index is 13.5. The van der Waals surface area contributed by atoms with E-state index < -0.39 is 22.8 Å². The Hall–Kier alpha value is -3.98. The van der Waals surface area contributed by atoms with E-state index in [1.165, 1.54) is 30.9 Å². The van der Waals surface area contributed by atoms with Crippen molar-refractivity contribution in [2.75, 3.05) is 27.3 Å². The van der Waals surface area contributed by atoms with Crippen LogP contribution < -0.4 is 5.32 Å². The Labute approximate surface area is 236 Å². The Bertz CT molecular complexity index is 1300. The first-order valence-electron chi connectivity index (χ1n) is 13.3. The van der Waals surface area contributed by atoms with Crippen LogP contribution >= 0.6 is 0 Å². The molecule has 0 radical (unpaired) electrons. The fourth-order valence-electron chi connectivity index (χ4n) is 4.89. The van der Waals surface area contributed by atoms with Crippen LogP contribution in [0.15, 0.2) is 77.1 Å². The highest BCUT2D eigenvalue weighted by atomic mass is 16.6. The van der Waals surface area contributed by atoms with E-state index in [0.29, 0.717) is 23.4 Å². The summed E-state index contributed by atoms with van der Waals surface area (Å²) in [5.74, 6) is -2.08. The van der Waals surface area contributed by atoms with E-state index in [1.54, 1.807) is 19.9 Å². The molecule has 1 aliphatic rings. The molecule has 1 atom stereocenters. The maximum absolute atomic E-state index is 13.5. The Morgan fingerprint density at radius 2 is 1.65 bits per heavy atom. The number of hydrogen-bond acceptors (Lipinski definition) is 8. The molecule has 0 bridgehead atoms. The highest BCUT2D eigenvalue weighted by molar-refractivity contribution is 5.99. The number of nitro benzene ring substituents is 1. The summed E-state index contributed by atoms with van der Waals surface area (Å²) in [6, 6.07) is 16.3. The van der Waals surface area contributed by atoms with Gasteiger partial charge in [0.25, 0.3) is 5.69 Å². The Morgan fingerprint density at radius 3 is 2.27 bits per heavy atom. The van der Waals surface area contributed by atoms with Crippen LogP contribution in [0.25, 0.3) is 0 Å². The first-order valence-corrected chi connectivity index (χ1v) is 13.3. The lowest BCUT2D eigenvalue weighted by Crippen LogP contribution is -2.32. The molecule has 1 N–H and O–H groups in total. The number of carbonyl (C=O) groups is 2. The molecule has 2 aromatic rings. The number of nitro groups is 1. The number of methoxy groups -OCH3 is 1. The van der Waals surface area contributed by atoms with Crippen molar-refractivity contribution < 1.29 is 24.0 Å². The number of benzene rings is 2. The second-order valence-electron chi connectivity index (χ2n) is 11.0. The lowest BCUT2D eigenvalue weighted by atomic mass is 9.80. The van der Waals surface area contributed by atoms with Gasteiger partial charge in [-0.1, -0.05) is 56.3 Å². The zero-order valence-corrected chi connectivity index (χ0v) is 24.2. The van der Waals surface area contributed by atoms with Gasteiger partial charge in [0.15, 0.2) is 0 Å². The molecule has 0 saturated heterocycles. The predicted octanol–water partition coefficient (Wildman–Crippen LogP) is 5.48. The summed E-state index contributed by atoms with van der Waals surface area (Å²) in [4.78, 5) is 39.5. The Morgan fingerprint density at radius 1 is 1.00 bits per heavy atom. The molecule has 3 rings (SSSR count). The van der Waals surface area contributed by atoms with Crippen molar-refractivity contribution in [1.82, 2.24) is 10.2 Å². The van der Waals surface area contributed by atoms with Gasteiger partial charge in [0.05, 0.1) is 35.7 Å². The number of hydrogen-bond donors (Lipinski definition) is 1. The van der Waals surface area contributed by atoms with Gasteiger partial charge in [0, 0.05) is 30.1 Å². The Kier molecular flexibility index (Phi) is 10.2. The number of nitrogens with one attached hydrogen (secondary N) is 1. The molecule has 1 heterocycles. The number of ether oxygens (including phenoxy) is 2. The maximum Gasteiger partial charge on any atom is 0.336 e. The minimum atomic E-state index is -0.874. The van der Waals surface area contributed by atoms with Gasteiger partial charge in [0.2, 0.25) is 0 Å². The van der Waals surface area contributed by atoms with E-state index >= 15 is 0 Å². The van der Waals surface area contributed by atoms with Crippen molar-refractivity contribution in [2.45, 2.75) is 53.0 Å². The van der Waals surface area contributed by atoms with Gasteiger partial charge < -0.3 is 19.7 Å². The molecular weight excluding hydrogens is 510 g/mol. The summed E-state index contributed by atoms with van der Waals surface area (Å²) in [7, 11) is 3.35. The molecule has 0 aromatic heterocycles. The van der Waals surface area contributed by atoms with Gasteiger partial charge in [-0.3, -0.25) is 10.1 Å². The van der Waals surface area contributed by atoms with Crippen LogP contribution in [0.5, 0.6) is 0 Å². The number of non-ortho nitro benzene ring substituents is 1. The molecule has 0 fully saturated rings. The van der Waals surface area contributed by atoms with Gasteiger partial charge in [-0.25, -0.2) is 9.59 Å². The van der Waals surface area contributed by atoms with Crippen LogP contribution in [0.4, 0.5) is 5.69 Å². The average molecular weight is 550 g/mol. The molecule has 9 nitrogen and oxygen atoms in total. The van der Waals surface area contributed by atoms with Crippen molar-refractivity contribution in [3.8, 4) is 0 Å². The number of esters is 2. The third-order valence-corrected chi connectivity index (χ3v) is 7.28. The van der Waals surface area contributed by atoms with Crippen molar-refractivity contribution in [3.63, 3.8) is 0 Å². The molecule has 0 aliphatic carbocycles. The number of rotatable bonds is 12. The number of nitrogens with zero attached hydrogens (tertiary/aromatic N) is 2. The van der Waals surface area contributed by atoms with Crippen LogP contribution in [0.3, 0.4) is 0 Å². The topological polar surface area (TPSA) is 111 Å². The fourth-order valence-corrected chi connectivity index (χ4v) is 4.89. The molecule has 40 heavy (non-hydrogen) atoms. The standard InChI is InChI=1S/C31H39N3O6/c1-21-26(29(35)39-6)28(24-13-10-14-25(19-24)34(37)38)27(22(2)32-21)30(36)40-18-16-31(3,4)15-17-33(5)20-23-11-8-7-9-12-23/h7-14,19,28,32H,15-18,20H2,1-6H3. The third kappa shape index (κ3) is 7.79. The SMILES string of the molecule is COC(=O)C1=C(C)NC(C)=C(C(=O)OCCC(C)(C)CCN(C)Cc2ccccc2)C1c1cccc([N+](=O)[O-])c1. The van der Waals surface area contributed by atoms with Gasteiger partial charge in [0.1, 0.15) is 0 Å². The van der Waals surface area contributed by atoms with E-state index in [1.807, 2.05) is 18.2 Å². The summed E-state index contributed by atoms with van der Waals surface area (Å²) in [5.41, 5.74) is 2.95. The van der Waals surface area contributed by atoms with Crippen LogP contribution in [-0.4, -0.2) is 49.1 Å². The minimum absolute atomic E-state index is 0.0768.